The van der Waals surface area contributed by atoms with Gasteiger partial charge in [0, 0.05) is 17.4 Å². The Balaban J connectivity index is 1.76. The molecule has 0 saturated heterocycles. The summed E-state index contributed by atoms with van der Waals surface area (Å²) in [5, 5.41) is 6.27. The lowest BCUT2D eigenvalue weighted by molar-refractivity contribution is 0.0946. The van der Waals surface area contributed by atoms with Gasteiger partial charge in [-0.25, -0.2) is 0 Å². The zero-order chi connectivity index (χ0) is 14.0. The highest BCUT2D eigenvalue weighted by Crippen LogP contribution is 2.48. The van der Waals surface area contributed by atoms with Crippen LogP contribution in [0.4, 0.5) is 0 Å². The molecule has 0 aromatic heterocycles. The summed E-state index contributed by atoms with van der Waals surface area (Å²) in [6, 6.07) is 13.9. The van der Waals surface area contributed by atoms with Gasteiger partial charge >= 0.3 is 0 Å². The third-order valence-electron chi connectivity index (χ3n) is 4.24. The van der Waals surface area contributed by atoms with E-state index in [0.29, 0.717) is 5.41 Å². The summed E-state index contributed by atoms with van der Waals surface area (Å²) in [6.07, 6.45) is 3.60. The van der Waals surface area contributed by atoms with Crippen LogP contribution in [-0.4, -0.2) is 17.8 Å². The largest absolute Gasteiger partial charge is 0.351 e. The monoisotopic (exact) mass is 331 g/mol. The molecule has 0 unspecified atom stereocenters. The Morgan fingerprint density at radius 2 is 1.90 bits per heavy atom. The van der Waals surface area contributed by atoms with Crippen molar-refractivity contribution in [1.82, 2.24) is 5.32 Å². The van der Waals surface area contributed by atoms with E-state index in [1.165, 1.54) is 12.8 Å². The summed E-state index contributed by atoms with van der Waals surface area (Å²) in [5.74, 6) is 0.0441. The third kappa shape index (κ3) is 2.73. The Kier molecular flexibility index (Phi) is 3.79. The fourth-order valence-corrected chi connectivity index (χ4v) is 3.52. The summed E-state index contributed by atoms with van der Waals surface area (Å²) in [6.45, 7) is 0.792. The fourth-order valence-electron chi connectivity index (χ4n) is 2.68. The number of nitrogens with one attached hydrogen (secondary N) is 1. The minimum Gasteiger partial charge on any atom is -0.351 e. The lowest BCUT2D eigenvalue weighted by Gasteiger charge is -2.15. The maximum absolute atomic E-state index is 12.4. The minimum absolute atomic E-state index is 0.0441. The van der Waals surface area contributed by atoms with E-state index in [4.69, 9.17) is 0 Å². The number of benzene rings is 2. The van der Waals surface area contributed by atoms with Crippen molar-refractivity contribution < 1.29 is 4.79 Å². The molecule has 104 valence electrons. The highest BCUT2D eigenvalue weighted by molar-refractivity contribution is 9.09. The number of fused-ring (bicyclic) bond motifs is 1. The molecule has 2 aromatic carbocycles. The molecule has 1 saturated carbocycles. The number of alkyl halides is 1. The maximum Gasteiger partial charge on any atom is 0.251 e. The van der Waals surface area contributed by atoms with Gasteiger partial charge < -0.3 is 5.32 Å². The van der Waals surface area contributed by atoms with Gasteiger partial charge in [0.25, 0.3) is 5.91 Å². The zero-order valence-corrected chi connectivity index (χ0v) is 12.9. The van der Waals surface area contributed by atoms with Gasteiger partial charge in [0.2, 0.25) is 0 Å². The second-order valence-corrected chi connectivity index (χ2v) is 6.44. The molecule has 0 radical (unpaired) electrons. The van der Waals surface area contributed by atoms with Crippen LogP contribution in [0, 0.1) is 5.41 Å². The summed E-state index contributed by atoms with van der Waals surface area (Å²) in [4.78, 5) is 12.4. The van der Waals surface area contributed by atoms with Gasteiger partial charge in [-0.2, -0.15) is 0 Å². The second kappa shape index (κ2) is 5.57. The van der Waals surface area contributed by atoms with E-state index in [2.05, 4.69) is 21.2 Å². The number of hydrogen-bond donors (Lipinski definition) is 1. The number of rotatable bonds is 5. The van der Waals surface area contributed by atoms with Crippen LogP contribution in [0.25, 0.3) is 10.8 Å². The van der Waals surface area contributed by atoms with Crippen LogP contribution < -0.4 is 5.32 Å². The van der Waals surface area contributed by atoms with Crippen LogP contribution in [0.1, 0.15) is 29.6 Å². The first kappa shape index (κ1) is 13.6. The van der Waals surface area contributed by atoms with E-state index < -0.39 is 0 Å². The molecule has 1 fully saturated rings. The molecule has 3 heteroatoms. The van der Waals surface area contributed by atoms with Gasteiger partial charge in [-0.3, -0.25) is 4.79 Å². The number of carbonyl (C=O) groups is 1. The van der Waals surface area contributed by atoms with Crippen molar-refractivity contribution in [3.8, 4) is 0 Å². The van der Waals surface area contributed by atoms with Crippen molar-refractivity contribution in [2.24, 2.45) is 5.41 Å². The Morgan fingerprint density at radius 1 is 1.15 bits per heavy atom. The first-order valence-corrected chi connectivity index (χ1v) is 8.18. The van der Waals surface area contributed by atoms with Gasteiger partial charge in [0.15, 0.2) is 0 Å². The number of halogens is 1. The molecular weight excluding hydrogens is 314 g/mol. The number of amides is 1. The van der Waals surface area contributed by atoms with E-state index in [1.807, 2.05) is 42.5 Å². The van der Waals surface area contributed by atoms with Gasteiger partial charge in [0.05, 0.1) is 0 Å². The molecule has 2 aromatic rings. The summed E-state index contributed by atoms with van der Waals surface area (Å²) < 4.78 is 0. The number of hydrogen-bond acceptors (Lipinski definition) is 1. The number of carbonyl (C=O) groups excluding carboxylic acids is 1. The lowest BCUT2D eigenvalue weighted by atomic mass is 10.0. The maximum atomic E-state index is 12.4. The third-order valence-corrected chi connectivity index (χ3v) is 4.64. The first-order valence-electron chi connectivity index (χ1n) is 7.06. The fraction of sp³-hybridized carbons (Fsp3) is 0.353. The Labute approximate surface area is 127 Å². The Hall–Kier alpha value is -1.35. The second-order valence-electron chi connectivity index (χ2n) is 5.65. The zero-order valence-electron chi connectivity index (χ0n) is 11.4. The van der Waals surface area contributed by atoms with Crippen LogP contribution in [-0.2, 0) is 0 Å². The van der Waals surface area contributed by atoms with Gasteiger partial charge in [-0.05, 0) is 41.5 Å². The Morgan fingerprint density at radius 3 is 2.65 bits per heavy atom. The standard InChI is InChI=1S/C17H18BrNO/c18-11-10-17(8-9-17)12-19-16(20)15-7-3-5-13-4-1-2-6-14(13)15/h1-7H,8-12H2,(H,19,20). The van der Waals surface area contributed by atoms with E-state index in [-0.39, 0.29) is 5.91 Å². The molecule has 1 N–H and O–H groups in total. The molecule has 1 aliphatic carbocycles. The highest BCUT2D eigenvalue weighted by atomic mass is 79.9. The van der Waals surface area contributed by atoms with E-state index >= 15 is 0 Å². The first-order chi connectivity index (χ1) is 9.74. The van der Waals surface area contributed by atoms with E-state index in [1.54, 1.807) is 0 Å². The van der Waals surface area contributed by atoms with Crippen molar-refractivity contribution in [2.45, 2.75) is 19.3 Å². The topological polar surface area (TPSA) is 29.1 Å². The molecule has 20 heavy (non-hydrogen) atoms. The predicted molar refractivity (Wildman–Crippen MR) is 86.4 cm³/mol. The van der Waals surface area contributed by atoms with Crippen molar-refractivity contribution in [1.29, 1.82) is 0 Å². The van der Waals surface area contributed by atoms with Crippen LogP contribution in [0.3, 0.4) is 0 Å². The van der Waals surface area contributed by atoms with Gasteiger partial charge in [-0.15, -0.1) is 0 Å². The molecule has 1 aliphatic rings. The minimum atomic E-state index is 0.0441. The van der Waals surface area contributed by atoms with Crippen molar-refractivity contribution >= 4 is 32.6 Å². The quantitative estimate of drug-likeness (QED) is 0.820. The predicted octanol–water partition coefficient (Wildman–Crippen LogP) is 4.13. The van der Waals surface area contributed by atoms with Crippen LogP contribution >= 0.6 is 15.9 Å². The smallest absolute Gasteiger partial charge is 0.251 e. The van der Waals surface area contributed by atoms with Gasteiger partial charge in [0.1, 0.15) is 0 Å². The molecule has 0 aliphatic heterocycles. The van der Waals surface area contributed by atoms with E-state index in [0.717, 1.165) is 34.6 Å². The summed E-state index contributed by atoms with van der Waals surface area (Å²) >= 11 is 3.50. The van der Waals surface area contributed by atoms with Crippen molar-refractivity contribution in [3.63, 3.8) is 0 Å². The highest BCUT2D eigenvalue weighted by Gasteiger charge is 2.41. The lowest BCUT2D eigenvalue weighted by Crippen LogP contribution is -2.30. The van der Waals surface area contributed by atoms with Crippen molar-refractivity contribution in [3.05, 3.63) is 48.0 Å². The summed E-state index contributed by atoms with van der Waals surface area (Å²) in [7, 11) is 0. The summed E-state index contributed by atoms with van der Waals surface area (Å²) in [5.41, 5.74) is 1.13. The van der Waals surface area contributed by atoms with Crippen LogP contribution in [0.2, 0.25) is 0 Å². The van der Waals surface area contributed by atoms with Crippen molar-refractivity contribution in [2.75, 3.05) is 11.9 Å². The molecule has 0 spiro atoms. The van der Waals surface area contributed by atoms with Crippen LogP contribution in [0.5, 0.6) is 0 Å². The molecule has 0 heterocycles. The molecule has 1 amide bonds. The average Bonchev–Trinajstić information content (AvgIpc) is 3.25. The van der Waals surface area contributed by atoms with E-state index in [9.17, 15) is 4.79 Å². The molecule has 3 rings (SSSR count). The van der Waals surface area contributed by atoms with Gasteiger partial charge in [-0.1, -0.05) is 52.3 Å². The molecule has 0 bridgehead atoms. The van der Waals surface area contributed by atoms with Crippen LogP contribution in [0.15, 0.2) is 42.5 Å². The molecule has 2 nitrogen and oxygen atoms in total. The molecule has 0 atom stereocenters. The SMILES string of the molecule is O=C(NCC1(CCBr)CC1)c1cccc2ccccc12. The molecular formula is C17H18BrNO. The normalized spacial score (nSPS) is 16.1. The Bertz CT molecular complexity index is 628. The average molecular weight is 332 g/mol.